The summed E-state index contributed by atoms with van der Waals surface area (Å²) in [5, 5.41) is 3.55. The summed E-state index contributed by atoms with van der Waals surface area (Å²) in [4.78, 5) is 14.8. The number of nitrogens with zero attached hydrogens (tertiary/aromatic N) is 1. The van der Waals surface area contributed by atoms with Crippen molar-refractivity contribution in [1.82, 2.24) is 10.2 Å². The molecule has 1 aliphatic heterocycles. The minimum Gasteiger partial charge on any atom is -0.323 e. The van der Waals surface area contributed by atoms with Crippen molar-refractivity contribution >= 4 is 5.91 Å². The summed E-state index contributed by atoms with van der Waals surface area (Å²) in [6.45, 7) is 6.67. The molecular weight excluding hydrogens is 236 g/mol. The molecule has 1 saturated heterocycles. The average Bonchev–Trinajstić information content (AvgIpc) is 2.57. The highest BCUT2D eigenvalue weighted by Gasteiger charge is 2.41. The van der Waals surface area contributed by atoms with Crippen molar-refractivity contribution in [3.8, 4) is 0 Å². The molecule has 4 unspecified atom stereocenters. The van der Waals surface area contributed by atoms with Crippen LogP contribution in [-0.2, 0) is 4.79 Å². The van der Waals surface area contributed by atoms with Gasteiger partial charge < -0.3 is 4.90 Å². The zero-order chi connectivity index (χ0) is 13.8. The summed E-state index contributed by atoms with van der Waals surface area (Å²) in [7, 11) is 0. The molecule has 0 aromatic heterocycles. The van der Waals surface area contributed by atoms with E-state index < -0.39 is 0 Å². The molecule has 3 nitrogen and oxygen atoms in total. The number of amides is 1. The van der Waals surface area contributed by atoms with Gasteiger partial charge in [0.15, 0.2) is 0 Å². The Kier molecular flexibility index (Phi) is 5.26. The third-order valence-corrected chi connectivity index (χ3v) is 4.87. The van der Waals surface area contributed by atoms with Gasteiger partial charge in [-0.1, -0.05) is 40.0 Å². The summed E-state index contributed by atoms with van der Waals surface area (Å²) in [6, 6.07) is 0.551. The zero-order valence-electron chi connectivity index (χ0n) is 12.8. The van der Waals surface area contributed by atoms with Gasteiger partial charge in [0.05, 0.1) is 12.2 Å². The Bertz CT molecular complexity index is 305. The first-order valence-electron chi connectivity index (χ1n) is 8.25. The number of carbonyl (C=O) groups excluding carboxylic acids is 1. The first-order chi connectivity index (χ1) is 9.17. The van der Waals surface area contributed by atoms with Crippen LogP contribution < -0.4 is 5.32 Å². The van der Waals surface area contributed by atoms with Crippen molar-refractivity contribution < 1.29 is 4.79 Å². The molecule has 2 aliphatic rings. The van der Waals surface area contributed by atoms with Crippen LogP contribution in [0.3, 0.4) is 0 Å². The second kappa shape index (κ2) is 6.74. The predicted molar refractivity (Wildman–Crippen MR) is 78.8 cm³/mol. The molecule has 110 valence electrons. The molecule has 2 fully saturated rings. The normalized spacial score (nSPS) is 36.6. The Morgan fingerprint density at radius 3 is 2.68 bits per heavy atom. The molecule has 0 aromatic carbocycles. The predicted octanol–water partition coefficient (Wildman–Crippen LogP) is 3.29. The third kappa shape index (κ3) is 3.31. The first kappa shape index (κ1) is 14.8. The van der Waals surface area contributed by atoms with Gasteiger partial charge in [-0.15, -0.1) is 0 Å². The second-order valence-corrected chi connectivity index (χ2v) is 6.44. The van der Waals surface area contributed by atoms with Gasteiger partial charge in [0, 0.05) is 6.04 Å². The highest BCUT2D eigenvalue weighted by Crippen LogP contribution is 2.30. The monoisotopic (exact) mass is 266 g/mol. The molecule has 0 radical (unpaired) electrons. The van der Waals surface area contributed by atoms with Crippen molar-refractivity contribution in [2.45, 2.75) is 90.4 Å². The molecule has 2 rings (SSSR count). The van der Waals surface area contributed by atoms with E-state index in [0.29, 0.717) is 18.1 Å². The minimum atomic E-state index is 0.0669. The van der Waals surface area contributed by atoms with E-state index in [1.807, 2.05) is 0 Å². The Hall–Kier alpha value is -0.570. The van der Waals surface area contributed by atoms with Gasteiger partial charge in [-0.3, -0.25) is 10.1 Å². The van der Waals surface area contributed by atoms with Crippen molar-refractivity contribution in [2.75, 3.05) is 0 Å². The molecular formula is C16H30N2O. The lowest BCUT2D eigenvalue weighted by atomic mass is 10.0. The SMILES string of the molecule is CCCC1NC(CC)C(=O)N1C1CCCC(C)CC1. The summed E-state index contributed by atoms with van der Waals surface area (Å²) in [5.41, 5.74) is 0. The van der Waals surface area contributed by atoms with Crippen molar-refractivity contribution in [3.63, 3.8) is 0 Å². The molecule has 1 amide bonds. The Balaban J connectivity index is 2.07. The Morgan fingerprint density at radius 2 is 2.00 bits per heavy atom. The number of hydrogen-bond acceptors (Lipinski definition) is 2. The van der Waals surface area contributed by atoms with E-state index in [2.05, 4.69) is 31.0 Å². The maximum Gasteiger partial charge on any atom is 0.241 e. The molecule has 1 N–H and O–H groups in total. The van der Waals surface area contributed by atoms with Gasteiger partial charge in [-0.2, -0.15) is 0 Å². The van der Waals surface area contributed by atoms with Gasteiger partial charge in [0.25, 0.3) is 0 Å². The Morgan fingerprint density at radius 1 is 1.21 bits per heavy atom. The lowest BCUT2D eigenvalue weighted by Gasteiger charge is -2.32. The number of rotatable bonds is 4. The molecule has 19 heavy (non-hydrogen) atoms. The van der Waals surface area contributed by atoms with Crippen LogP contribution >= 0.6 is 0 Å². The minimum absolute atomic E-state index is 0.0669. The van der Waals surface area contributed by atoms with E-state index in [1.165, 1.54) is 32.1 Å². The molecule has 4 atom stereocenters. The van der Waals surface area contributed by atoms with Crippen LogP contribution in [0.15, 0.2) is 0 Å². The highest BCUT2D eigenvalue weighted by molar-refractivity contribution is 5.84. The van der Waals surface area contributed by atoms with Crippen LogP contribution in [0, 0.1) is 5.92 Å². The van der Waals surface area contributed by atoms with Gasteiger partial charge in [0.2, 0.25) is 5.91 Å². The van der Waals surface area contributed by atoms with E-state index in [0.717, 1.165) is 25.2 Å². The van der Waals surface area contributed by atoms with Gasteiger partial charge in [-0.05, 0) is 38.0 Å². The number of hydrogen-bond donors (Lipinski definition) is 1. The average molecular weight is 266 g/mol. The lowest BCUT2D eigenvalue weighted by molar-refractivity contribution is -0.132. The molecule has 1 heterocycles. The van der Waals surface area contributed by atoms with E-state index in [4.69, 9.17) is 0 Å². The first-order valence-corrected chi connectivity index (χ1v) is 8.25. The summed E-state index contributed by atoms with van der Waals surface area (Å²) in [6.07, 6.45) is 9.74. The van der Waals surface area contributed by atoms with Crippen molar-refractivity contribution in [2.24, 2.45) is 5.92 Å². The van der Waals surface area contributed by atoms with Crippen LogP contribution in [-0.4, -0.2) is 29.1 Å². The fourth-order valence-electron chi connectivity index (χ4n) is 3.69. The van der Waals surface area contributed by atoms with Crippen LogP contribution in [0.5, 0.6) is 0 Å². The van der Waals surface area contributed by atoms with Gasteiger partial charge >= 0.3 is 0 Å². The summed E-state index contributed by atoms with van der Waals surface area (Å²) < 4.78 is 0. The van der Waals surface area contributed by atoms with E-state index in [-0.39, 0.29) is 6.04 Å². The summed E-state index contributed by atoms with van der Waals surface area (Å²) >= 11 is 0. The zero-order valence-corrected chi connectivity index (χ0v) is 12.8. The largest absolute Gasteiger partial charge is 0.323 e. The van der Waals surface area contributed by atoms with Crippen LogP contribution in [0.25, 0.3) is 0 Å². The molecule has 0 spiro atoms. The summed E-state index contributed by atoms with van der Waals surface area (Å²) in [5.74, 6) is 1.20. The quantitative estimate of drug-likeness (QED) is 0.792. The van der Waals surface area contributed by atoms with E-state index in [9.17, 15) is 4.79 Å². The fraction of sp³-hybridized carbons (Fsp3) is 0.938. The smallest absolute Gasteiger partial charge is 0.241 e. The van der Waals surface area contributed by atoms with E-state index in [1.54, 1.807) is 0 Å². The molecule has 1 saturated carbocycles. The second-order valence-electron chi connectivity index (χ2n) is 6.44. The number of carbonyl (C=O) groups is 1. The van der Waals surface area contributed by atoms with Crippen molar-refractivity contribution in [3.05, 3.63) is 0 Å². The topological polar surface area (TPSA) is 32.3 Å². The molecule has 0 bridgehead atoms. The van der Waals surface area contributed by atoms with Gasteiger partial charge in [0.1, 0.15) is 0 Å². The highest BCUT2D eigenvalue weighted by atomic mass is 16.2. The Labute approximate surface area is 118 Å². The van der Waals surface area contributed by atoms with Crippen LogP contribution in [0.4, 0.5) is 0 Å². The maximum atomic E-state index is 12.6. The molecule has 1 aliphatic carbocycles. The fourth-order valence-corrected chi connectivity index (χ4v) is 3.69. The van der Waals surface area contributed by atoms with Crippen LogP contribution in [0.1, 0.15) is 72.1 Å². The van der Waals surface area contributed by atoms with Crippen LogP contribution in [0.2, 0.25) is 0 Å². The lowest BCUT2D eigenvalue weighted by Crippen LogP contribution is -2.44. The standard InChI is InChI=1S/C16H30N2O/c1-4-7-15-17-14(5-2)16(19)18(15)13-9-6-8-12(3)10-11-13/h12-15,17H,4-11H2,1-3H3. The molecule has 3 heteroatoms. The van der Waals surface area contributed by atoms with Gasteiger partial charge in [-0.25, -0.2) is 0 Å². The number of nitrogens with one attached hydrogen (secondary N) is 1. The molecule has 0 aromatic rings. The maximum absolute atomic E-state index is 12.6. The van der Waals surface area contributed by atoms with Crippen molar-refractivity contribution in [1.29, 1.82) is 0 Å². The van der Waals surface area contributed by atoms with E-state index >= 15 is 0 Å². The third-order valence-electron chi connectivity index (χ3n) is 4.87.